The molecule has 0 spiro atoms. The normalized spacial score (nSPS) is 18.2. The van der Waals surface area contributed by atoms with Crippen molar-refractivity contribution in [3.63, 3.8) is 0 Å². The Kier molecular flexibility index (Phi) is 6.20. The van der Waals surface area contributed by atoms with Crippen LogP contribution in [0.25, 0.3) is 11.1 Å². The van der Waals surface area contributed by atoms with Gasteiger partial charge in [0.1, 0.15) is 5.75 Å². The first-order valence-electron chi connectivity index (χ1n) is 11.1. The predicted octanol–water partition coefficient (Wildman–Crippen LogP) is 4.16. The molecule has 0 radical (unpaired) electrons. The minimum atomic E-state index is -3.72. The highest BCUT2D eigenvalue weighted by atomic mass is 32.2. The number of carbonyl (C=O) groups is 1. The number of fused-ring (bicyclic) bond motifs is 4. The lowest BCUT2D eigenvalue weighted by molar-refractivity contribution is -0.120. The SMILES string of the molecule is CC(C)(C)[Si](C)(C)O[C@H]1CNC(=O)Cc2ccc(OS(C)(=O)=O)cc2-c2cc3c(cc21)OCO3. The number of rotatable bonds is 4. The molecule has 1 N–H and O–H groups in total. The average Bonchev–Trinajstić information content (AvgIpc) is 3.17. The maximum absolute atomic E-state index is 12.8. The van der Waals surface area contributed by atoms with Crippen molar-refractivity contribution in [2.45, 2.75) is 51.4 Å². The van der Waals surface area contributed by atoms with Crippen LogP contribution in [0.4, 0.5) is 0 Å². The van der Waals surface area contributed by atoms with Gasteiger partial charge >= 0.3 is 10.1 Å². The predicted molar refractivity (Wildman–Crippen MR) is 131 cm³/mol. The number of benzene rings is 2. The van der Waals surface area contributed by atoms with Gasteiger partial charge in [0.15, 0.2) is 19.8 Å². The second-order valence-electron chi connectivity index (χ2n) is 10.2. The fraction of sp³-hybridized carbons (Fsp3) is 0.458. The second kappa shape index (κ2) is 8.58. The van der Waals surface area contributed by atoms with E-state index in [0.717, 1.165) is 22.9 Å². The molecule has 2 aromatic carbocycles. The monoisotopic (exact) mass is 505 g/mol. The molecule has 2 aliphatic rings. The number of hydrogen-bond acceptors (Lipinski definition) is 7. The van der Waals surface area contributed by atoms with Crippen molar-refractivity contribution < 1.29 is 31.3 Å². The van der Waals surface area contributed by atoms with E-state index in [1.165, 1.54) is 0 Å². The minimum absolute atomic E-state index is 0.0413. The summed E-state index contributed by atoms with van der Waals surface area (Å²) in [7, 11) is -5.94. The Morgan fingerprint density at radius 3 is 2.38 bits per heavy atom. The van der Waals surface area contributed by atoms with Gasteiger partial charge in [0.2, 0.25) is 12.7 Å². The first kappa shape index (κ1) is 24.6. The topological polar surface area (TPSA) is 100 Å². The molecule has 34 heavy (non-hydrogen) atoms. The zero-order chi connectivity index (χ0) is 24.9. The Morgan fingerprint density at radius 1 is 1.06 bits per heavy atom. The van der Waals surface area contributed by atoms with Crippen LogP contribution in [0.5, 0.6) is 17.2 Å². The maximum Gasteiger partial charge on any atom is 0.306 e. The molecule has 0 fully saturated rings. The smallest absolute Gasteiger partial charge is 0.306 e. The summed E-state index contributed by atoms with van der Waals surface area (Å²) in [5, 5.41) is 2.97. The van der Waals surface area contributed by atoms with Gasteiger partial charge in [-0.05, 0) is 64.7 Å². The number of amides is 1. The van der Waals surface area contributed by atoms with E-state index in [9.17, 15) is 13.2 Å². The highest BCUT2D eigenvalue weighted by Gasteiger charge is 2.40. The molecule has 0 aliphatic carbocycles. The summed E-state index contributed by atoms with van der Waals surface area (Å²) in [6, 6.07) is 8.71. The molecule has 4 rings (SSSR count). The van der Waals surface area contributed by atoms with Gasteiger partial charge in [0.25, 0.3) is 0 Å². The van der Waals surface area contributed by atoms with Crippen molar-refractivity contribution in [1.29, 1.82) is 0 Å². The van der Waals surface area contributed by atoms with Crippen LogP contribution < -0.4 is 19.0 Å². The van der Waals surface area contributed by atoms with Crippen LogP contribution in [0.3, 0.4) is 0 Å². The van der Waals surface area contributed by atoms with Crippen molar-refractivity contribution in [2.24, 2.45) is 0 Å². The third kappa shape index (κ3) is 5.08. The molecule has 8 nitrogen and oxygen atoms in total. The minimum Gasteiger partial charge on any atom is -0.454 e. The van der Waals surface area contributed by atoms with Crippen LogP contribution >= 0.6 is 0 Å². The molecule has 0 bridgehead atoms. The number of nitrogens with one attached hydrogen (secondary N) is 1. The molecule has 10 heteroatoms. The summed E-state index contributed by atoms with van der Waals surface area (Å²) in [6.45, 7) is 11.2. The second-order valence-corrected chi connectivity index (χ2v) is 16.6. The molecule has 1 atom stereocenters. The van der Waals surface area contributed by atoms with Gasteiger partial charge in [-0.2, -0.15) is 8.42 Å². The van der Waals surface area contributed by atoms with Crippen molar-refractivity contribution in [3.05, 3.63) is 41.5 Å². The highest BCUT2D eigenvalue weighted by Crippen LogP contribution is 2.46. The van der Waals surface area contributed by atoms with E-state index >= 15 is 0 Å². The summed E-state index contributed by atoms with van der Waals surface area (Å²) in [5.41, 5.74) is 3.06. The van der Waals surface area contributed by atoms with Crippen LogP contribution in [-0.2, 0) is 25.8 Å². The lowest BCUT2D eigenvalue weighted by Crippen LogP contribution is -2.44. The Hall–Kier alpha value is -2.56. The van der Waals surface area contributed by atoms with E-state index in [-0.39, 0.29) is 29.9 Å². The third-order valence-corrected chi connectivity index (χ3v) is 11.6. The molecule has 2 heterocycles. The fourth-order valence-electron chi connectivity index (χ4n) is 3.83. The van der Waals surface area contributed by atoms with E-state index in [4.69, 9.17) is 18.1 Å². The molecular weight excluding hydrogens is 474 g/mol. The summed E-state index contributed by atoms with van der Waals surface area (Å²) in [5.74, 6) is 1.23. The summed E-state index contributed by atoms with van der Waals surface area (Å²) >= 11 is 0. The van der Waals surface area contributed by atoms with Gasteiger partial charge in [-0.25, -0.2) is 0 Å². The lowest BCUT2D eigenvalue weighted by atomic mass is 9.91. The standard InChI is InChI=1S/C24H31NO7SSi/c1-24(2,3)34(5,6)32-22-13-25-23(26)9-15-7-8-16(31-33(4,27)28)10-17(15)18-11-20-21(12-19(18)22)30-14-29-20/h7-8,10-12,22H,9,13-14H2,1-6H3,(H,25,26)/t22-/m0/s1. The number of hydrogen-bond donors (Lipinski definition) is 1. The molecule has 184 valence electrons. The lowest BCUT2D eigenvalue weighted by Gasteiger charge is -2.39. The van der Waals surface area contributed by atoms with Crippen molar-refractivity contribution in [3.8, 4) is 28.4 Å². The molecule has 1 amide bonds. The van der Waals surface area contributed by atoms with E-state index in [1.54, 1.807) is 18.2 Å². The fourth-order valence-corrected chi connectivity index (χ4v) is 5.56. The summed E-state index contributed by atoms with van der Waals surface area (Å²) in [6.07, 6.45) is 0.701. The first-order valence-corrected chi connectivity index (χ1v) is 15.9. The van der Waals surface area contributed by atoms with Crippen molar-refractivity contribution >= 4 is 24.3 Å². The van der Waals surface area contributed by atoms with Crippen molar-refractivity contribution in [1.82, 2.24) is 5.32 Å². The van der Waals surface area contributed by atoms with E-state index in [1.807, 2.05) is 12.1 Å². The van der Waals surface area contributed by atoms with Gasteiger partial charge in [0, 0.05) is 6.54 Å². The summed E-state index contributed by atoms with van der Waals surface area (Å²) in [4.78, 5) is 12.8. The van der Waals surface area contributed by atoms with Gasteiger partial charge in [0.05, 0.1) is 18.8 Å². The summed E-state index contributed by atoms with van der Waals surface area (Å²) < 4.78 is 46.8. The van der Waals surface area contributed by atoms with Gasteiger partial charge in [-0.1, -0.05) is 26.8 Å². The third-order valence-electron chi connectivity index (χ3n) is 6.59. The zero-order valence-electron chi connectivity index (χ0n) is 20.4. The number of carbonyl (C=O) groups excluding carboxylic acids is 1. The van der Waals surface area contributed by atoms with E-state index in [2.05, 4.69) is 39.2 Å². The maximum atomic E-state index is 12.8. The Bertz CT molecular complexity index is 1230. The van der Waals surface area contributed by atoms with Crippen LogP contribution in [0.15, 0.2) is 30.3 Å². The first-order chi connectivity index (χ1) is 15.7. The van der Waals surface area contributed by atoms with Crippen molar-refractivity contribution in [2.75, 3.05) is 19.6 Å². The van der Waals surface area contributed by atoms with Gasteiger partial charge in [-0.15, -0.1) is 0 Å². The molecule has 2 aliphatic heterocycles. The molecule has 0 unspecified atom stereocenters. The Morgan fingerprint density at radius 2 is 1.74 bits per heavy atom. The van der Waals surface area contributed by atoms with E-state index < -0.39 is 24.5 Å². The Balaban J connectivity index is 1.92. The quantitative estimate of drug-likeness (QED) is 0.492. The largest absolute Gasteiger partial charge is 0.454 e. The zero-order valence-corrected chi connectivity index (χ0v) is 22.2. The van der Waals surface area contributed by atoms with Gasteiger partial charge in [-0.3, -0.25) is 4.79 Å². The van der Waals surface area contributed by atoms with Crippen LogP contribution in [0.2, 0.25) is 18.1 Å². The number of ether oxygens (including phenoxy) is 2. The molecule has 0 saturated carbocycles. The molecule has 0 aromatic heterocycles. The van der Waals surface area contributed by atoms with Crippen LogP contribution in [0.1, 0.15) is 38.0 Å². The molecular formula is C24H31NO7SSi. The van der Waals surface area contributed by atoms with E-state index in [0.29, 0.717) is 23.6 Å². The Labute approximate surface area is 201 Å². The average molecular weight is 506 g/mol. The van der Waals surface area contributed by atoms with Crippen LogP contribution in [-0.4, -0.2) is 42.2 Å². The highest BCUT2D eigenvalue weighted by molar-refractivity contribution is 7.86. The molecule has 0 saturated heterocycles. The van der Waals surface area contributed by atoms with Gasteiger partial charge < -0.3 is 23.4 Å². The molecule has 2 aromatic rings. The van der Waals surface area contributed by atoms with Crippen LogP contribution in [0, 0.1) is 0 Å².